The third kappa shape index (κ3) is 4.33. The molecule has 13 heteroatoms. The van der Waals surface area contributed by atoms with Crippen molar-refractivity contribution in [1.29, 1.82) is 0 Å². The van der Waals surface area contributed by atoms with E-state index in [0.717, 1.165) is 11.3 Å². The van der Waals surface area contributed by atoms with Gasteiger partial charge >= 0.3 is 0 Å². The Labute approximate surface area is 212 Å². The first-order valence-electron chi connectivity index (χ1n) is 11.1. The molecular formula is C23H24N6O5S2. The van der Waals surface area contributed by atoms with Gasteiger partial charge in [0, 0.05) is 38.0 Å². The topological polar surface area (TPSA) is 131 Å². The van der Waals surface area contributed by atoms with E-state index in [1.165, 1.54) is 46.7 Å². The number of benzene rings is 2. The van der Waals surface area contributed by atoms with Crippen LogP contribution in [0, 0.1) is 10.1 Å². The average Bonchev–Trinajstić information content (AvgIpc) is 3.24. The number of non-ortho nitro benzene ring substituents is 1. The van der Waals surface area contributed by atoms with E-state index in [4.69, 9.17) is 4.74 Å². The number of sulfonamides is 1. The number of nitro groups is 1. The fraction of sp³-hybridized carbons (Fsp3) is 0.304. The van der Waals surface area contributed by atoms with Gasteiger partial charge in [-0.1, -0.05) is 12.1 Å². The summed E-state index contributed by atoms with van der Waals surface area (Å²) >= 11 is 1.52. The summed E-state index contributed by atoms with van der Waals surface area (Å²) < 4.78 is 34.3. The third-order valence-corrected chi connectivity index (χ3v) is 9.64. The monoisotopic (exact) mass is 528 g/mol. The molecule has 1 fully saturated rings. The van der Waals surface area contributed by atoms with Gasteiger partial charge in [-0.2, -0.15) is 4.31 Å². The van der Waals surface area contributed by atoms with Crippen LogP contribution in [0.3, 0.4) is 0 Å². The van der Waals surface area contributed by atoms with Gasteiger partial charge in [-0.3, -0.25) is 10.1 Å². The Morgan fingerprint density at radius 3 is 2.58 bits per heavy atom. The van der Waals surface area contributed by atoms with Crippen molar-refractivity contribution < 1.29 is 18.1 Å². The second-order valence-electron chi connectivity index (χ2n) is 8.47. The summed E-state index contributed by atoms with van der Waals surface area (Å²) in [6, 6.07) is 12.4. The highest BCUT2D eigenvalue weighted by Gasteiger charge is 2.47. The van der Waals surface area contributed by atoms with Gasteiger partial charge in [0.1, 0.15) is 29.1 Å². The van der Waals surface area contributed by atoms with Crippen LogP contribution in [0.2, 0.25) is 0 Å². The molecule has 2 aliphatic rings. The second kappa shape index (κ2) is 9.56. The van der Waals surface area contributed by atoms with E-state index in [2.05, 4.69) is 15.3 Å². The average molecular weight is 529 g/mol. The molecule has 3 heterocycles. The summed E-state index contributed by atoms with van der Waals surface area (Å²) in [5.41, 5.74) is 1.58. The predicted molar refractivity (Wildman–Crippen MR) is 137 cm³/mol. The van der Waals surface area contributed by atoms with Crippen LogP contribution in [0.1, 0.15) is 16.5 Å². The Balaban J connectivity index is 1.51. The van der Waals surface area contributed by atoms with Crippen molar-refractivity contribution in [2.75, 3.05) is 36.7 Å². The predicted octanol–water partition coefficient (Wildman–Crippen LogP) is 3.26. The van der Waals surface area contributed by atoms with Gasteiger partial charge in [-0.15, -0.1) is 11.8 Å². The van der Waals surface area contributed by atoms with Crippen molar-refractivity contribution in [2.24, 2.45) is 0 Å². The molecule has 0 saturated carbocycles. The molecule has 1 N–H and O–H groups in total. The molecule has 2 bridgehead atoms. The summed E-state index contributed by atoms with van der Waals surface area (Å²) in [7, 11) is -0.428. The molecule has 36 heavy (non-hydrogen) atoms. The Hall–Kier alpha value is -3.42. The first-order valence-corrected chi connectivity index (χ1v) is 13.6. The molecule has 2 aromatic carbocycles. The molecule has 2 atom stereocenters. The molecule has 2 aliphatic heterocycles. The largest absolute Gasteiger partial charge is 0.497 e. The standard InChI is InChI=1S/C23H24N6O5S2/c1-27(12-15-3-7-18(34-2)8-4-15)22-20-21(25-14-26-22)24-11-17-13-35-23(20)28(17)36(32,33)19-9-5-16(6-10-19)29(30)31/h3-10,14,17,23H,11-13H2,1-2H3,(H,24,25,26)/t17-,23?/m1/s1. The van der Waals surface area contributed by atoms with Crippen molar-refractivity contribution in [3.63, 3.8) is 0 Å². The number of nitrogens with one attached hydrogen (secondary N) is 1. The third-order valence-electron chi connectivity index (χ3n) is 6.22. The SMILES string of the molecule is COc1ccc(CN(C)c2ncnc3c2C2SC[C@@H](CN3)N2S(=O)(=O)c2ccc([N+](=O)[O-])cc2)cc1. The number of methoxy groups -OCH3 is 1. The number of nitrogens with zero attached hydrogens (tertiary/aromatic N) is 5. The second-order valence-corrected chi connectivity index (χ2v) is 11.4. The molecule has 0 spiro atoms. The fourth-order valence-corrected chi connectivity index (χ4v) is 8.06. The van der Waals surface area contributed by atoms with Crippen LogP contribution in [-0.2, 0) is 16.6 Å². The lowest BCUT2D eigenvalue weighted by Crippen LogP contribution is -2.40. The highest BCUT2D eigenvalue weighted by Crippen LogP contribution is 2.50. The van der Waals surface area contributed by atoms with E-state index in [1.54, 1.807) is 7.11 Å². The molecule has 5 rings (SSSR count). The van der Waals surface area contributed by atoms with E-state index < -0.39 is 20.3 Å². The molecular weight excluding hydrogens is 504 g/mol. The van der Waals surface area contributed by atoms with E-state index in [1.807, 2.05) is 36.2 Å². The molecule has 1 aromatic heterocycles. The van der Waals surface area contributed by atoms with Gasteiger partial charge in [0.05, 0.1) is 28.5 Å². The Bertz CT molecular complexity index is 1390. The minimum Gasteiger partial charge on any atom is -0.497 e. The van der Waals surface area contributed by atoms with Crippen molar-refractivity contribution >= 4 is 39.1 Å². The number of thioether (sulfide) groups is 1. The smallest absolute Gasteiger partial charge is 0.269 e. The molecule has 1 saturated heterocycles. The maximum atomic E-state index is 13.8. The number of anilines is 2. The van der Waals surface area contributed by atoms with Gasteiger partial charge in [0.25, 0.3) is 5.69 Å². The zero-order chi connectivity index (χ0) is 25.4. The highest BCUT2D eigenvalue weighted by atomic mass is 32.2. The highest BCUT2D eigenvalue weighted by molar-refractivity contribution is 8.01. The molecule has 0 amide bonds. The lowest BCUT2D eigenvalue weighted by atomic mass is 10.2. The van der Waals surface area contributed by atoms with E-state index in [-0.39, 0.29) is 16.6 Å². The maximum absolute atomic E-state index is 13.8. The van der Waals surface area contributed by atoms with Gasteiger partial charge in [0.2, 0.25) is 10.0 Å². The molecule has 11 nitrogen and oxygen atoms in total. The number of fused-ring (bicyclic) bond motifs is 4. The molecule has 1 unspecified atom stereocenters. The van der Waals surface area contributed by atoms with Gasteiger partial charge in [-0.05, 0) is 29.8 Å². The summed E-state index contributed by atoms with van der Waals surface area (Å²) in [5, 5.41) is 13.8. The zero-order valence-electron chi connectivity index (χ0n) is 19.6. The number of rotatable bonds is 7. The minimum atomic E-state index is -3.95. The normalized spacial score (nSPS) is 19.2. The van der Waals surface area contributed by atoms with Crippen molar-refractivity contribution in [3.05, 3.63) is 76.1 Å². The number of hydrogen-bond donors (Lipinski definition) is 1. The molecule has 0 aliphatic carbocycles. The van der Waals surface area contributed by atoms with Gasteiger partial charge < -0.3 is 15.0 Å². The summed E-state index contributed by atoms with van der Waals surface area (Å²) in [5.74, 6) is 2.60. The fourth-order valence-electron chi connectivity index (χ4n) is 4.44. The van der Waals surface area contributed by atoms with Gasteiger partial charge in [-0.25, -0.2) is 18.4 Å². The summed E-state index contributed by atoms with van der Waals surface area (Å²) in [4.78, 5) is 21.4. The molecule has 188 valence electrons. The number of hydrogen-bond acceptors (Lipinski definition) is 10. The minimum absolute atomic E-state index is 0.0130. The lowest BCUT2D eigenvalue weighted by molar-refractivity contribution is -0.384. The van der Waals surface area contributed by atoms with E-state index in [9.17, 15) is 18.5 Å². The molecule has 3 aromatic rings. The van der Waals surface area contributed by atoms with Crippen LogP contribution in [0.5, 0.6) is 5.75 Å². The maximum Gasteiger partial charge on any atom is 0.269 e. The van der Waals surface area contributed by atoms with Crippen molar-refractivity contribution in [2.45, 2.75) is 22.9 Å². The number of ether oxygens (including phenoxy) is 1. The molecule has 0 radical (unpaired) electrons. The van der Waals surface area contributed by atoms with Crippen LogP contribution in [0.4, 0.5) is 17.3 Å². The van der Waals surface area contributed by atoms with Crippen molar-refractivity contribution in [1.82, 2.24) is 14.3 Å². The quantitative estimate of drug-likeness (QED) is 0.360. The zero-order valence-corrected chi connectivity index (χ0v) is 21.2. The first kappa shape index (κ1) is 24.3. The lowest BCUT2D eigenvalue weighted by Gasteiger charge is -2.29. The van der Waals surface area contributed by atoms with Crippen LogP contribution in [-0.4, -0.2) is 60.1 Å². The summed E-state index contributed by atoms with van der Waals surface area (Å²) in [6.45, 7) is 0.935. The van der Waals surface area contributed by atoms with Crippen molar-refractivity contribution in [3.8, 4) is 5.75 Å². The first-order chi connectivity index (χ1) is 17.3. The van der Waals surface area contributed by atoms with E-state index in [0.29, 0.717) is 36.0 Å². The van der Waals surface area contributed by atoms with Crippen LogP contribution >= 0.6 is 11.8 Å². The van der Waals surface area contributed by atoms with Crippen LogP contribution < -0.4 is 15.0 Å². The Morgan fingerprint density at radius 2 is 1.92 bits per heavy atom. The Morgan fingerprint density at radius 1 is 1.19 bits per heavy atom. The van der Waals surface area contributed by atoms with Crippen LogP contribution in [0.15, 0.2) is 59.8 Å². The Kier molecular flexibility index (Phi) is 6.45. The van der Waals surface area contributed by atoms with Crippen LogP contribution in [0.25, 0.3) is 0 Å². The number of nitro benzene ring substituents is 1. The number of aromatic nitrogens is 2. The van der Waals surface area contributed by atoms with E-state index >= 15 is 0 Å². The van der Waals surface area contributed by atoms with Gasteiger partial charge in [0.15, 0.2) is 0 Å². The summed E-state index contributed by atoms with van der Waals surface area (Å²) in [6.07, 6.45) is 1.48.